The lowest BCUT2D eigenvalue weighted by atomic mass is 10.2. The first-order chi connectivity index (χ1) is 13.4. The summed E-state index contributed by atoms with van der Waals surface area (Å²) in [5.74, 6) is -3.41. The number of ether oxygens (including phenoxy) is 1. The fraction of sp³-hybridized carbons (Fsp3) is 0.150. The number of nitrogens with zero attached hydrogens (tertiary/aromatic N) is 1. The van der Waals surface area contributed by atoms with Crippen LogP contribution in [0.4, 0.5) is 14.5 Å². The number of hydrogen-bond donors (Lipinski definition) is 1. The molecule has 0 saturated heterocycles. The Morgan fingerprint density at radius 1 is 1.07 bits per heavy atom. The molecular weight excluding hydrogens is 386 g/mol. The van der Waals surface area contributed by atoms with Crippen molar-refractivity contribution in [3.05, 3.63) is 70.7 Å². The lowest BCUT2D eigenvalue weighted by molar-refractivity contribution is -0.123. The molecule has 8 heteroatoms. The normalized spacial score (nSPS) is 11.7. The van der Waals surface area contributed by atoms with Gasteiger partial charge in [-0.2, -0.15) is 0 Å². The zero-order valence-corrected chi connectivity index (χ0v) is 15.8. The monoisotopic (exact) mass is 402 g/mol. The van der Waals surface area contributed by atoms with Gasteiger partial charge in [0.25, 0.3) is 5.91 Å². The van der Waals surface area contributed by atoms with Gasteiger partial charge < -0.3 is 10.1 Å². The quantitative estimate of drug-likeness (QED) is 0.635. The summed E-state index contributed by atoms with van der Waals surface area (Å²) in [6, 6.07) is 12.5. The summed E-state index contributed by atoms with van der Waals surface area (Å²) in [6.45, 7) is 2.99. The Kier molecular flexibility index (Phi) is 5.79. The molecule has 2 aromatic carbocycles. The zero-order valence-electron chi connectivity index (χ0n) is 15.0. The first-order valence-electron chi connectivity index (χ1n) is 8.35. The Bertz CT molecular complexity index is 1000. The van der Waals surface area contributed by atoms with E-state index in [1.807, 2.05) is 30.3 Å². The highest BCUT2D eigenvalue weighted by atomic mass is 32.1. The van der Waals surface area contributed by atoms with Crippen LogP contribution in [0.5, 0.6) is 0 Å². The summed E-state index contributed by atoms with van der Waals surface area (Å²) in [7, 11) is 0. The van der Waals surface area contributed by atoms with Crippen LogP contribution in [-0.4, -0.2) is 23.0 Å². The fourth-order valence-electron chi connectivity index (χ4n) is 2.40. The van der Waals surface area contributed by atoms with Crippen molar-refractivity contribution in [3.8, 4) is 10.6 Å². The summed E-state index contributed by atoms with van der Waals surface area (Å²) in [5.41, 5.74) is 0.743. The van der Waals surface area contributed by atoms with E-state index < -0.39 is 35.3 Å². The van der Waals surface area contributed by atoms with Crippen LogP contribution in [-0.2, 0) is 9.53 Å². The van der Waals surface area contributed by atoms with Gasteiger partial charge in [-0.3, -0.25) is 4.79 Å². The summed E-state index contributed by atoms with van der Waals surface area (Å²) in [6.07, 6.45) is -1.26. The third-order valence-electron chi connectivity index (χ3n) is 3.87. The summed E-state index contributed by atoms with van der Waals surface area (Å²) < 4.78 is 32.5. The number of para-hydroxylation sites is 1. The van der Waals surface area contributed by atoms with Gasteiger partial charge in [0.2, 0.25) is 0 Å². The van der Waals surface area contributed by atoms with Crippen molar-refractivity contribution >= 4 is 28.9 Å². The first kappa shape index (κ1) is 19.6. The molecule has 0 aliphatic rings. The van der Waals surface area contributed by atoms with Gasteiger partial charge in [-0.25, -0.2) is 18.6 Å². The van der Waals surface area contributed by atoms with Gasteiger partial charge in [0, 0.05) is 5.56 Å². The number of nitrogens with one attached hydrogen (secondary N) is 1. The number of amides is 1. The van der Waals surface area contributed by atoms with Crippen molar-refractivity contribution in [3.63, 3.8) is 0 Å². The molecule has 3 rings (SSSR count). The van der Waals surface area contributed by atoms with Gasteiger partial charge >= 0.3 is 5.97 Å². The molecule has 1 aromatic heterocycles. The topological polar surface area (TPSA) is 68.3 Å². The largest absolute Gasteiger partial charge is 0.448 e. The lowest BCUT2D eigenvalue weighted by Gasteiger charge is -2.14. The molecule has 1 N–H and O–H groups in total. The maximum absolute atomic E-state index is 13.6. The summed E-state index contributed by atoms with van der Waals surface area (Å²) in [4.78, 5) is 29.2. The average Bonchev–Trinajstić information content (AvgIpc) is 3.07. The van der Waals surface area contributed by atoms with Gasteiger partial charge in [0.05, 0.1) is 5.69 Å². The molecule has 0 aliphatic carbocycles. The fourth-order valence-corrected chi connectivity index (χ4v) is 3.35. The van der Waals surface area contributed by atoms with Crippen LogP contribution in [0.25, 0.3) is 10.6 Å². The maximum Gasteiger partial charge on any atom is 0.351 e. The third kappa shape index (κ3) is 4.23. The van der Waals surface area contributed by atoms with Crippen molar-refractivity contribution in [2.24, 2.45) is 0 Å². The number of esters is 1. The van der Waals surface area contributed by atoms with Crippen LogP contribution < -0.4 is 5.32 Å². The molecule has 0 saturated carbocycles. The molecule has 28 heavy (non-hydrogen) atoms. The predicted octanol–water partition coefficient (Wildman–Crippen LogP) is 4.58. The lowest BCUT2D eigenvalue weighted by Crippen LogP contribution is -2.30. The highest BCUT2D eigenvalue weighted by Crippen LogP contribution is 2.28. The summed E-state index contributed by atoms with van der Waals surface area (Å²) in [5, 5.41) is 2.75. The minimum Gasteiger partial charge on any atom is -0.448 e. The van der Waals surface area contributed by atoms with Gasteiger partial charge in [-0.15, -0.1) is 11.3 Å². The Labute approximate surface area is 164 Å². The van der Waals surface area contributed by atoms with E-state index >= 15 is 0 Å². The molecule has 1 amide bonds. The number of hydrogen-bond acceptors (Lipinski definition) is 5. The molecule has 144 valence electrons. The number of aromatic nitrogens is 1. The number of carbonyl (C=O) groups is 2. The van der Waals surface area contributed by atoms with Crippen LogP contribution in [0, 0.1) is 18.6 Å². The molecule has 0 fully saturated rings. The van der Waals surface area contributed by atoms with E-state index in [1.54, 1.807) is 6.92 Å². The molecule has 1 atom stereocenters. The van der Waals surface area contributed by atoms with E-state index in [4.69, 9.17) is 4.74 Å². The summed E-state index contributed by atoms with van der Waals surface area (Å²) >= 11 is 1.15. The minimum atomic E-state index is -1.26. The van der Waals surface area contributed by atoms with Crippen LogP contribution in [0.1, 0.15) is 22.3 Å². The SMILES string of the molecule is Cc1nc(-c2ccccc2)sc1C(=O)O[C@H](C)C(=O)Nc1c(F)cccc1F. The number of rotatable bonds is 5. The third-order valence-corrected chi connectivity index (χ3v) is 5.05. The Morgan fingerprint density at radius 2 is 1.71 bits per heavy atom. The standard InChI is InChI=1S/C20H16F2N2O3S/c1-11-17(28-19(23-11)13-7-4-3-5-8-13)20(26)27-12(2)18(25)24-16-14(21)9-6-10-15(16)22/h3-10,12H,1-2H3,(H,24,25)/t12-/m1/s1. The van der Waals surface area contributed by atoms with Crippen molar-refractivity contribution in [2.75, 3.05) is 5.32 Å². The molecule has 0 aliphatic heterocycles. The molecule has 1 heterocycles. The van der Waals surface area contributed by atoms with Crippen molar-refractivity contribution in [1.82, 2.24) is 4.98 Å². The highest BCUT2D eigenvalue weighted by molar-refractivity contribution is 7.17. The highest BCUT2D eigenvalue weighted by Gasteiger charge is 2.24. The molecular formula is C20H16F2N2O3S. The van der Waals surface area contributed by atoms with Gasteiger partial charge in [0.15, 0.2) is 6.10 Å². The number of anilines is 1. The molecule has 5 nitrogen and oxygen atoms in total. The Morgan fingerprint density at radius 3 is 2.36 bits per heavy atom. The van der Waals surface area contributed by atoms with Crippen molar-refractivity contribution < 1.29 is 23.1 Å². The van der Waals surface area contributed by atoms with E-state index in [9.17, 15) is 18.4 Å². The molecule has 0 unspecified atom stereocenters. The number of benzene rings is 2. The maximum atomic E-state index is 13.6. The molecule has 0 spiro atoms. The van der Waals surface area contributed by atoms with Crippen LogP contribution in [0.3, 0.4) is 0 Å². The van der Waals surface area contributed by atoms with Gasteiger partial charge in [-0.05, 0) is 26.0 Å². The van der Waals surface area contributed by atoms with Crippen molar-refractivity contribution in [1.29, 1.82) is 0 Å². The minimum absolute atomic E-state index is 0.260. The van der Waals surface area contributed by atoms with Crippen LogP contribution >= 0.6 is 11.3 Å². The smallest absolute Gasteiger partial charge is 0.351 e. The molecule has 0 bridgehead atoms. The average molecular weight is 402 g/mol. The first-order valence-corrected chi connectivity index (χ1v) is 9.17. The van der Waals surface area contributed by atoms with Crippen molar-refractivity contribution in [2.45, 2.75) is 20.0 Å². The molecule has 3 aromatic rings. The second-order valence-electron chi connectivity index (χ2n) is 5.93. The van der Waals surface area contributed by atoms with Gasteiger partial charge in [-0.1, -0.05) is 36.4 Å². The number of thiazole rings is 1. The Hall–Kier alpha value is -3.13. The zero-order chi connectivity index (χ0) is 20.3. The van der Waals surface area contributed by atoms with E-state index in [-0.39, 0.29) is 4.88 Å². The number of halogens is 2. The number of aryl methyl sites for hydroxylation is 1. The number of carbonyl (C=O) groups excluding carboxylic acids is 2. The second kappa shape index (κ2) is 8.26. The predicted molar refractivity (Wildman–Crippen MR) is 102 cm³/mol. The Balaban J connectivity index is 1.71. The van der Waals surface area contributed by atoms with Crippen LogP contribution in [0.15, 0.2) is 48.5 Å². The van der Waals surface area contributed by atoms with Gasteiger partial charge in [0.1, 0.15) is 27.2 Å². The van der Waals surface area contributed by atoms with Crippen LogP contribution in [0.2, 0.25) is 0 Å². The molecule has 0 radical (unpaired) electrons. The second-order valence-corrected chi connectivity index (χ2v) is 6.93. The van der Waals surface area contributed by atoms with E-state index in [2.05, 4.69) is 10.3 Å². The van der Waals surface area contributed by atoms with E-state index in [0.717, 1.165) is 29.0 Å². The van der Waals surface area contributed by atoms with E-state index in [1.165, 1.54) is 13.0 Å². The van der Waals surface area contributed by atoms with E-state index in [0.29, 0.717) is 10.7 Å².